The Morgan fingerprint density at radius 3 is 2.25 bits per heavy atom. The molecule has 0 saturated carbocycles. The molecule has 0 bridgehead atoms. The maximum Gasteiger partial charge on any atom is 0.229 e. The molecule has 0 unspecified atom stereocenters. The number of carbonyl (C=O) groups is 1. The molecule has 0 spiro atoms. The molecule has 2 aromatic rings. The molecule has 2 aromatic carbocycles. The first kappa shape index (κ1) is 22.9. The number of hydrogen-bond donors (Lipinski definition) is 0. The fourth-order valence-electron chi connectivity index (χ4n) is 5.10. The lowest BCUT2D eigenvalue weighted by Crippen LogP contribution is -2.52. The molecule has 1 amide bonds. The van der Waals surface area contributed by atoms with Crippen LogP contribution < -0.4 is 0 Å². The Morgan fingerprint density at radius 1 is 1.06 bits per heavy atom. The predicted molar refractivity (Wildman–Crippen MR) is 121 cm³/mol. The monoisotopic (exact) mass is 442 g/mol. The molecular weight excluding hydrogens is 410 g/mol. The Balaban J connectivity index is 1.54. The van der Waals surface area contributed by atoms with Crippen molar-refractivity contribution >= 4 is 5.91 Å². The fourth-order valence-corrected chi connectivity index (χ4v) is 5.10. The number of benzene rings is 2. The highest BCUT2D eigenvalue weighted by molar-refractivity contribution is 5.83. The normalized spacial score (nSPS) is 19.6. The van der Waals surface area contributed by atoms with E-state index in [4.69, 9.17) is 4.74 Å². The minimum Gasteiger partial charge on any atom is -0.381 e. The minimum atomic E-state index is -0.575. The first-order valence-corrected chi connectivity index (χ1v) is 11.5. The lowest BCUT2D eigenvalue weighted by atomic mass is 9.73. The van der Waals surface area contributed by atoms with E-state index in [1.165, 1.54) is 18.2 Å². The summed E-state index contributed by atoms with van der Waals surface area (Å²) in [4.78, 5) is 18.0. The van der Waals surface area contributed by atoms with Crippen molar-refractivity contribution in [3.63, 3.8) is 0 Å². The number of nitrogens with zero attached hydrogens (tertiary/aromatic N) is 2. The zero-order valence-corrected chi connectivity index (χ0v) is 18.9. The standard InChI is InChI=1S/C26H32F2N2O2/c1-29-14-10-21(11-15-29)30(2)25(31)26(12-16-32-17-13-26)18-19-6-8-20(9-7-19)24-22(27)4-3-5-23(24)28/h3-9,21H,10-18H2,1-2H3. The highest BCUT2D eigenvalue weighted by atomic mass is 19.1. The van der Waals surface area contributed by atoms with E-state index in [1.807, 2.05) is 24.1 Å². The molecular formula is C26H32F2N2O2. The van der Waals surface area contributed by atoms with Crippen LogP contribution in [0.15, 0.2) is 42.5 Å². The first-order valence-electron chi connectivity index (χ1n) is 11.5. The number of carbonyl (C=O) groups excluding carboxylic acids is 1. The van der Waals surface area contributed by atoms with Gasteiger partial charge >= 0.3 is 0 Å². The molecule has 2 aliphatic rings. The van der Waals surface area contributed by atoms with Gasteiger partial charge in [-0.1, -0.05) is 30.3 Å². The van der Waals surface area contributed by atoms with Crippen molar-refractivity contribution in [1.29, 1.82) is 0 Å². The van der Waals surface area contributed by atoms with Crippen molar-refractivity contribution in [3.8, 4) is 11.1 Å². The van der Waals surface area contributed by atoms with Gasteiger partial charge in [0.25, 0.3) is 0 Å². The molecule has 0 N–H and O–H groups in total. The fraction of sp³-hybridized carbons (Fsp3) is 0.500. The molecule has 0 radical (unpaired) electrons. The van der Waals surface area contributed by atoms with Crippen molar-refractivity contribution in [2.45, 2.75) is 38.1 Å². The predicted octanol–water partition coefficient (Wildman–Crippen LogP) is 4.52. The van der Waals surface area contributed by atoms with Crippen molar-refractivity contribution < 1.29 is 18.3 Å². The first-order chi connectivity index (χ1) is 15.4. The van der Waals surface area contributed by atoms with Gasteiger partial charge in [0, 0.05) is 26.3 Å². The summed E-state index contributed by atoms with van der Waals surface area (Å²) in [6.45, 7) is 3.16. The average Bonchev–Trinajstić information content (AvgIpc) is 2.80. The molecule has 4 rings (SSSR count). The van der Waals surface area contributed by atoms with Gasteiger partial charge in [0.2, 0.25) is 5.91 Å². The minimum absolute atomic E-state index is 0.0158. The van der Waals surface area contributed by atoms with Crippen molar-refractivity contribution in [3.05, 3.63) is 59.7 Å². The molecule has 6 heteroatoms. The van der Waals surface area contributed by atoms with Crippen LogP contribution >= 0.6 is 0 Å². The topological polar surface area (TPSA) is 32.8 Å². The van der Waals surface area contributed by atoms with Gasteiger partial charge in [-0.25, -0.2) is 8.78 Å². The van der Waals surface area contributed by atoms with Crippen LogP contribution in [0, 0.1) is 17.0 Å². The Labute approximate surface area is 189 Å². The summed E-state index contributed by atoms with van der Waals surface area (Å²) in [5.41, 5.74) is 0.983. The highest BCUT2D eigenvalue weighted by Gasteiger charge is 2.43. The highest BCUT2D eigenvalue weighted by Crippen LogP contribution is 2.38. The third-order valence-corrected chi connectivity index (χ3v) is 7.21. The third-order valence-electron chi connectivity index (χ3n) is 7.21. The summed E-state index contributed by atoms with van der Waals surface area (Å²) >= 11 is 0. The zero-order chi connectivity index (χ0) is 22.7. The SMILES string of the molecule is CN1CCC(N(C)C(=O)C2(Cc3ccc(-c4c(F)cccc4F)cc3)CCOCC2)CC1. The number of likely N-dealkylation sites (tertiary alicyclic amines) is 1. The molecule has 0 atom stereocenters. The zero-order valence-electron chi connectivity index (χ0n) is 18.9. The van der Waals surface area contributed by atoms with Crippen LogP contribution in [0.1, 0.15) is 31.2 Å². The van der Waals surface area contributed by atoms with Crippen LogP contribution in [-0.2, 0) is 16.0 Å². The van der Waals surface area contributed by atoms with E-state index in [1.54, 1.807) is 12.1 Å². The molecule has 2 aliphatic heterocycles. The summed E-state index contributed by atoms with van der Waals surface area (Å²) in [7, 11) is 4.06. The summed E-state index contributed by atoms with van der Waals surface area (Å²) in [5, 5.41) is 0. The largest absolute Gasteiger partial charge is 0.381 e. The lowest BCUT2D eigenvalue weighted by Gasteiger charge is -2.43. The van der Waals surface area contributed by atoms with E-state index in [0.717, 1.165) is 31.5 Å². The van der Waals surface area contributed by atoms with Gasteiger partial charge in [-0.3, -0.25) is 4.79 Å². The Hall–Kier alpha value is -2.31. The van der Waals surface area contributed by atoms with Gasteiger partial charge in [0.15, 0.2) is 0 Å². The number of amides is 1. The Bertz CT molecular complexity index is 913. The van der Waals surface area contributed by atoms with Crippen LogP contribution in [0.2, 0.25) is 0 Å². The molecule has 0 aliphatic carbocycles. The Kier molecular flexibility index (Phi) is 6.91. The summed E-state index contributed by atoms with van der Waals surface area (Å²) in [6.07, 6.45) is 3.97. The number of ether oxygens (including phenoxy) is 1. The van der Waals surface area contributed by atoms with Crippen molar-refractivity contribution in [2.75, 3.05) is 40.4 Å². The van der Waals surface area contributed by atoms with Crippen LogP contribution in [-0.4, -0.2) is 62.1 Å². The van der Waals surface area contributed by atoms with Gasteiger partial charge in [0.05, 0.1) is 11.0 Å². The summed E-state index contributed by atoms with van der Waals surface area (Å²) in [6, 6.07) is 11.4. The number of halogens is 2. The van der Waals surface area contributed by atoms with E-state index < -0.39 is 17.0 Å². The van der Waals surface area contributed by atoms with Gasteiger partial charge in [-0.05, 0) is 75.5 Å². The van der Waals surface area contributed by atoms with Crippen LogP contribution in [0.3, 0.4) is 0 Å². The molecule has 2 saturated heterocycles. The lowest BCUT2D eigenvalue weighted by molar-refractivity contribution is -0.149. The van der Waals surface area contributed by atoms with Gasteiger partial charge in [-0.15, -0.1) is 0 Å². The smallest absolute Gasteiger partial charge is 0.229 e. The Morgan fingerprint density at radius 2 is 1.66 bits per heavy atom. The number of piperidine rings is 1. The second-order valence-corrected chi connectivity index (χ2v) is 9.31. The van der Waals surface area contributed by atoms with Gasteiger partial charge in [-0.2, -0.15) is 0 Å². The maximum absolute atomic E-state index is 14.2. The van der Waals surface area contributed by atoms with Crippen molar-refractivity contribution in [2.24, 2.45) is 5.41 Å². The van der Waals surface area contributed by atoms with Crippen LogP contribution in [0.4, 0.5) is 8.78 Å². The van der Waals surface area contributed by atoms with E-state index in [9.17, 15) is 13.6 Å². The quantitative estimate of drug-likeness (QED) is 0.682. The second-order valence-electron chi connectivity index (χ2n) is 9.31. The number of hydrogen-bond acceptors (Lipinski definition) is 3. The van der Waals surface area contributed by atoms with E-state index in [2.05, 4.69) is 11.9 Å². The molecule has 172 valence electrons. The summed E-state index contributed by atoms with van der Waals surface area (Å²) < 4.78 is 33.9. The molecule has 4 nitrogen and oxygen atoms in total. The second kappa shape index (κ2) is 9.67. The molecule has 0 aromatic heterocycles. The van der Waals surface area contributed by atoms with Gasteiger partial charge < -0.3 is 14.5 Å². The van der Waals surface area contributed by atoms with Gasteiger partial charge in [0.1, 0.15) is 11.6 Å². The van der Waals surface area contributed by atoms with E-state index in [0.29, 0.717) is 38.0 Å². The van der Waals surface area contributed by atoms with Crippen LogP contribution in [0.5, 0.6) is 0 Å². The van der Waals surface area contributed by atoms with E-state index in [-0.39, 0.29) is 17.5 Å². The molecule has 2 heterocycles. The van der Waals surface area contributed by atoms with Crippen LogP contribution in [0.25, 0.3) is 11.1 Å². The van der Waals surface area contributed by atoms with Crippen molar-refractivity contribution in [1.82, 2.24) is 9.80 Å². The third kappa shape index (κ3) is 4.71. The van der Waals surface area contributed by atoms with E-state index >= 15 is 0 Å². The average molecular weight is 443 g/mol. The summed E-state index contributed by atoms with van der Waals surface area (Å²) in [5.74, 6) is -0.957. The molecule has 2 fully saturated rings. The molecule has 32 heavy (non-hydrogen) atoms. The number of rotatable bonds is 5. The maximum atomic E-state index is 14.2.